The van der Waals surface area contributed by atoms with Gasteiger partial charge in [-0.25, -0.2) is 9.38 Å². The van der Waals surface area contributed by atoms with Crippen molar-refractivity contribution in [3.63, 3.8) is 0 Å². The Morgan fingerprint density at radius 1 is 1.26 bits per heavy atom. The van der Waals surface area contributed by atoms with Crippen molar-refractivity contribution in [3.8, 4) is 11.5 Å². The summed E-state index contributed by atoms with van der Waals surface area (Å²) in [4.78, 5) is 7.96. The summed E-state index contributed by atoms with van der Waals surface area (Å²) >= 11 is 0. The molecule has 0 bridgehead atoms. The van der Waals surface area contributed by atoms with Crippen LogP contribution in [0.2, 0.25) is 0 Å². The average molecular weight is 432 g/mol. The Bertz CT molecular complexity index is 682. The van der Waals surface area contributed by atoms with Crippen LogP contribution in [-0.4, -0.2) is 25.2 Å². The highest BCUT2D eigenvalue weighted by atomic mass is 127. The van der Waals surface area contributed by atoms with Gasteiger partial charge in [-0.1, -0.05) is 0 Å². The monoisotopic (exact) mass is 432 g/mol. The Balaban J connectivity index is 0.00000264. The molecule has 2 aromatic rings. The topological polar surface area (TPSA) is 81.8 Å². The van der Waals surface area contributed by atoms with Crippen molar-refractivity contribution >= 4 is 35.6 Å². The van der Waals surface area contributed by atoms with E-state index in [0.717, 1.165) is 0 Å². The number of nitrogens with zero attached hydrogens (tertiary/aromatic N) is 2. The average Bonchev–Trinajstić information content (AvgIpc) is 2.54. The van der Waals surface area contributed by atoms with Gasteiger partial charge in [0.15, 0.2) is 17.5 Å². The molecule has 6 nitrogen and oxygen atoms in total. The highest BCUT2D eigenvalue weighted by molar-refractivity contribution is 14.0. The number of ether oxygens (including phenoxy) is 2. The number of nitrogens with two attached hydrogens (primary N) is 1. The van der Waals surface area contributed by atoms with E-state index >= 15 is 0 Å². The summed E-state index contributed by atoms with van der Waals surface area (Å²) in [5, 5.41) is 2.90. The molecule has 0 spiro atoms. The lowest BCUT2D eigenvalue weighted by molar-refractivity contribution is 0.355. The highest BCUT2D eigenvalue weighted by Gasteiger charge is 2.06. The van der Waals surface area contributed by atoms with Crippen LogP contribution in [-0.2, 0) is 6.54 Å². The molecule has 0 amide bonds. The molecular weight excluding hydrogens is 414 g/mol. The first-order chi connectivity index (χ1) is 10.6. The number of hydrogen-bond donors (Lipinski definition) is 2. The molecule has 0 aliphatic heterocycles. The molecule has 0 saturated heterocycles. The molecule has 1 aromatic heterocycles. The van der Waals surface area contributed by atoms with Gasteiger partial charge < -0.3 is 20.5 Å². The predicted octanol–water partition coefficient (Wildman–Crippen LogP) is 2.78. The van der Waals surface area contributed by atoms with E-state index in [2.05, 4.69) is 15.3 Å². The summed E-state index contributed by atoms with van der Waals surface area (Å²) in [6, 6.07) is 8.09. The fourth-order valence-electron chi connectivity index (χ4n) is 1.80. The lowest BCUT2D eigenvalue weighted by Gasteiger charge is -2.10. The van der Waals surface area contributed by atoms with Gasteiger partial charge in [-0.2, -0.15) is 0 Å². The summed E-state index contributed by atoms with van der Waals surface area (Å²) < 4.78 is 23.8. The molecule has 0 saturated carbocycles. The number of anilines is 1. The molecule has 0 aliphatic rings. The van der Waals surface area contributed by atoms with Crippen molar-refractivity contribution in [2.75, 3.05) is 19.5 Å². The van der Waals surface area contributed by atoms with Crippen LogP contribution < -0.4 is 20.5 Å². The van der Waals surface area contributed by atoms with E-state index in [9.17, 15) is 4.39 Å². The second-order valence-electron chi connectivity index (χ2n) is 4.33. The van der Waals surface area contributed by atoms with Gasteiger partial charge in [0.25, 0.3) is 0 Å². The van der Waals surface area contributed by atoms with Gasteiger partial charge in [0.1, 0.15) is 5.82 Å². The van der Waals surface area contributed by atoms with Crippen LogP contribution in [0.1, 0.15) is 5.69 Å². The maximum absolute atomic E-state index is 13.4. The molecule has 0 unspecified atom stereocenters. The number of benzene rings is 1. The molecule has 1 heterocycles. The number of hydrogen-bond acceptors (Lipinski definition) is 4. The maximum Gasteiger partial charge on any atom is 0.193 e. The fraction of sp³-hybridized carbons (Fsp3) is 0.200. The van der Waals surface area contributed by atoms with E-state index in [1.54, 1.807) is 32.4 Å². The van der Waals surface area contributed by atoms with Crippen LogP contribution in [0.3, 0.4) is 0 Å². The molecule has 0 aliphatic carbocycles. The second kappa shape index (κ2) is 9.13. The third-order valence-corrected chi connectivity index (χ3v) is 2.89. The van der Waals surface area contributed by atoms with Crippen LogP contribution in [0.15, 0.2) is 41.5 Å². The molecule has 2 rings (SSSR count). The minimum atomic E-state index is -0.412. The van der Waals surface area contributed by atoms with E-state index in [-0.39, 0.29) is 42.2 Å². The highest BCUT2D eigenvalue weighted by Crippen LogP contribution is 2.29. The van der Waals surface area contributed by atoms with E-state index in [1.165, 1.54) is 18.3 Å². The first-order valence-corrected chi connectivity index (χ1v) is 6.52. The second-order valence-corrected chi connectivity index (χ2v) is 4.33. The largest absolute Gasteiger partial charge is 0.493 e. The zero-order valence-electron chi connectivity index (χ0n) is 12.7. The van der Waals surface area contributed by atoms with Crippen LogP contribution in [0.4, 0.5) is 10.1 Å². The van der Waals surface area contributed by atoms with Gasteiger partial charge in [0.05, 0.1) is 26.5 Å². The summed E-state index contributed by atoms with van der Waals surface area (Å²) in [6.07, 6.45) is 1.51. The molecule has 0 fully saturated rings. The number of halogens is 2. The van der Waals surface area contributed by atoms with Crippen molar-refractivity contribution in [3.05, 3.63) is 48.0 Å². The zero-order chi connectivity index (χ0) is 15.9. The Morgan fingerprint density at radius 2 is 2.00 bits per heavy atom. The first-order valence-electron chi connectivity index (χ1n) is 6.52. The number of nitrogens with one attached hydrogen (secondary N) is 1. The van der Waals surface area contributed by atoms with Crippen molar-refractivity contribution in [1.82, 2.24) is 4.98 Å². The number of pyridine rings is 1. The lowest BCUT2D eigenvalue weighted by atomic mass is 10.3. The summed E-state index contributed by atoms with van der Waals surface area (Å²) in [6.45, 7) is 0.0544. The van der Waals surface area contributed by atoms with Gasteiger partial charge in [-0.15, -0.1) is 24.0 Å². The van der Waals surface area contributed by atoms with Gasteiger partial charge >= 0.3 is 0 Å². The fourth-order valence-corrected chi connectivity index (χ4v) is 1.80. The van der Waals surface area contributed by atoms with E-state index in [0.29, 0.717) is 17.2 Å². The number of rotatable bonds is 5. The van der Waals surface area contributed by atoms with Gasteiger partial charge in [-0.05, 0) is 24.3 Å². The Hall–Kier alpha value is -2.10. The number of methoxy groups -OCH3 is 2. The van der Waals surface area contributed by atoms with Crippen molar-refractivity contribution in [2.24, 2.45) is 10.7 Å². The van der Waals surface area contributed by atoms with Crippen LogP contribution in [0.5, 0.6) is 11.5 Å². The van der Waals surface area contributed by atoms with Gasteiger partial charge in [-0.3, -0.25) is 4.98 Å². The summed E-state index contributed by atoms with van der Waals surface area (Å²) in [7, 11) is 3.10. The van der Waals surface area contributed by atoms with Gasteiger partial charge in [0, 0.05) is 18.0 Å². The lowest BCUT2D eigenvalue weighted by Crippen LogP contribution is -2.22. The van der Waals surface area contributed by atoms with E-state index in [4.69, 9.17) is 15.2 Å². The van der Waals surface area contributed by atoms with E-state index in [1.807, 2.05) is 0 Å². The van der Waals surface area contributed by atoms with Crippen molar-refractivity contribution in [2.45, 2.75) is 6.54 Å². The minimum absolute atomic E-state index is 0. The SMILES string of the molecule is COc1ccc(NC(N)=NCc2ncccc2F)cc1OC.I. The summed E-state index contributed by atoms with van der Waals surface area (Å²) in [5.74, 6) is 0.914. The third kappa shape index (κ3) is 5.23. The summed E-state index contributed by atoms with van der Waals surface area (Å²) in [5.41, 5.74) is 6.70. The standard InChI is InChI=1S/C15H17FN4O2.HI/c1-21-13-6-5-10(8-14(13)22-2)20-15(17)19-9-12-11(16)4-3-7-18-12;/h3-8H,9H2,1-2H3,(H3,17,19,20);1H. The maximum atomic E-state index is 13.4. The molecule has 3 N–H and O–H groups in total. The minimum Gasteiger partial charge on any atom is -0.493 e. The molecule has 0 radical (unpaired) electrons. The van der Waals surface area contributed by atoms with Crippen LogP contribution >= 0.6 is 24.0 Å². The van der Waals surface area contributed by atoms with Gasteiger partial charge in [0.2, 0.25) is 0 Å². The smallest absolute Gasteiger partial charge is 0.193 e. The Labute approximate surface area is 150 Å². The Morgan fingerprint density at radius 3 is 2.65 bits per heavy atom. The quantitative estimate of drug-likeness (QED) is 0.432. The third-order valence-electron chi connectivity index (χ3n) is 2.89. The van der Waals surface area contributed by atoms with Crippen molar-refractivity contribution < 1.29 is 13.9 Å². The predicted molar refractivity (Wildman–Crippen MR) is 98.1 cm³/mol. The normalized spacial score (nSPS) is 10.7. The zero-order valence-corrected chi connectivity index (χ0v) is 15.1. The van der Waals surface area contributed by atoms with Crippen LogP contribution in [0.25, 0.3) is 0 Å². The molecular formula is C15H18FIN4O2. The number of guanidine groups is 1. The van der Waals surface area contributed by atoms with Crippen molar-refractivity contribution in [1.29, 1.82) is 0 Å². The first kappa shape index (κ1) is 18.9. The molecule has 23 heavy (non-hydrogen) atoms. The van der Waals surface area contributed by atoms with Crippen LogP contribution in [0, 0.1) is 5.82 Å². The molecule has 124 valence electrons. The number of aromatic nitrogens is 1. The molecule has 1 aromatic carbocycles. The molecule has 8 heteroatoms. The number of aliphatic imine (C=N–C) groups is 1. The molecule has 0 atom stereocenters. The van der Waals surface area contributed by atoms with E-state index < -0.39 is 5.82 Å². The Kier molecular flexibility index (Phi) is 7.52.